The second-order valence-corrected chi connectivity index (χ2v) is 7.67. The molecule has 1 aliphatic rings. The van der Waals surface area contributed by atoms with Gasteiger partial charge in [0, 0.05) is 12.1 Å². The number of carbonyl (C=O) groups is 2. The summed E-state index contributed by atoms with van der Waals surface area (Å²) in [5, 5.41) is 13.2. The van der Waals surface area contributed by atoms with Crippen molar-refractivity contribution in [1.82, 2.24) is 4.90 Å². The Morgan fingerprint density at radius 1 is 0.938 bits per heavy atom. The van der Waals surface area contributed by atoms with Crippen molar-refractivity contribution in [2.24, 2.45) is 0 Å². The number of carbonyl (C=O) groups excluding carboxylic acids is 2. The van der Waals surface area contributed by atoms with E-state index in [4.69, 9.17) is 9.47 Å². The minimum Gasteiger partial charge on any atom is -0.507 e. The number of rotatable bonds is 6. The first-order chi connectivity index (χ1) is 15.5. The number of Topliss-reactive ketones (excluding diaryl/α,β-unsaturated/α-hetero) is 1. The van der Waals surface area contributed by atoms with E-state index < -0.39 is 17.7 Å². The molecular weight excluding hydrogens is 406 g/mol. The van der Waals surface area contributed by atoms with E-state index in [0.717, 1.165) is 10.8 Å². The van der Waals surface area contributed by atoms with Crippen molar-refractivity contribution in [2.75, 3.05) is 20.8 Å². The van der Waals surface area contributed by atoms with Gasteiger partial charge < -0.3 is 19.5 Å². The van der Waals surface area contributed by atoms with Crippen LogP contribution < -0.4 is 9.47 Å². The highest BCUT2D eigenvalue weighted by molar-refractivity contribution is 6.46. The third-order valence-corrected chi connectivity index (χ3v) is 5.75. The normalized spacial score (nSPS) is 17.7. The van der Waals surface area contributed by atoms with Crippen molar-refractivity contribution in [3.63, 3.8) is 0 Å². The highest BCUT2D eigenvalue weighted by atomic mass is 16.5. The molecule has 3 aromatic carbocycles. The minimum absolute atomic E-state index is 0.0750. The number of nitrogens with zero attached hydrogens (tertiary/aromatic N) is 1. The zero-order valence-corrected chi connectivity index (χ0v) is 18.3. The topological polar surface area (TPSA) is 76.1 Å². The summed E-state index contributed by atoms with van der Waals surface area (Å²) in [5.74, 6) is -0.471. The Kier molecular flexibility index (Phi) is 5.86. The SMILES string of the molecule is CCCN1C(=O)C(=O)/C(=C(/O)c2ccc3ccccc3c2)C1c1ccc(OC)c(OC)c1. The number of aliphatic hydroxyl groups excluding tert-OH is 1. The molecule has 4 rings (SSSR count). The molecule has 0 saturated carbocycles. The summed E-state index contributed by atoms with van der Waals surface area (Å²) >= 11 is 0. The molecule has 164 valence electrons. The Hall–Kier alpha value is -3.80. The predicted octanol–water partition coefficient (Wildman–Crippen LogP) is 4.69. The van der Waals surface area contributed by atoms with E-state index in [9.17, 15) is 14.7 Å². The first kappa shape index (κ1) is 21.4. The van der Waals surface area contributed by atoms with Gasteiger partial charge in [0.25, 0.3) is 11.7 Å². The lowest BCUT2D eigenvalue weighted by Crippen LogP contribution is -2.30. The molecule has 1 fully saturated rings. The van der Waals surface area contributed by atoms with Crippen molar-refractivity contribution < 1.29 is 24.2 Å². The van der Waals surface area contributed by atoms with E-state index in [-0.39, 0.29) is 11.3 Å². The second-order valence-electron chi connectivity index (χ2n) is 7.67. The van der Waals surface area contributed by atoms with Crippen molar-refractivity contribution >= 4 is 28.2 Å². The van der Waals surface area contributed by atoms with Gasteiger partial charge in [-0.15, -0.1) is 0 Å². The van der Waals surface area contributed by atoms with Crippen LogP contribution in [0, 0.1) is 0 Å². The van der Waals surface area contributed by atoms with Crippen LogP contribution >= 0.6 is 0 Å². The van der Waals surface area contributed by atoms with Crippen molar-refractivity contribution in [1.29, 1.82) is 0 Å². The summed E-state index contributed by atoms with van der Waals surface area (Å²) in [6.07, 6.45) is 0.673. The number of fused-ring (bicyclic) bond motifs is 1. The van der Waals surface area contributed by atoms with E-state index in [1.54, 1.807) is 31.4 Å². The number of aliphatic hydroxyl groups is 1. The molecule has 0 aliphatic carbocycles. The molecule has 1 N–H and O–H groups in total. The van der Waals surface area contributed by atoms with Crippen LogP contribution in [-0.2, 0) is 9.59 Å². The Labute approximate surface area is 186 Å². The number of benzene rings is 3. The molecule has 0 radical (unpaired) electrons. The number of methoxy groups -OCH3 is 2. The van der Waals surface area contributed by atoms with E-state index in [1.807, 2.05) is 43.3 Å². The van der Waals surface area contributed by atoms with Gasteiger partial charge in [-0.25, -0.2) is 0 Å². The summed E-state index contributed by atoms with van der Waals surface area (Å²) in [7, 11) is 3.07. The van der Waals surface area contributed by atoms with Gasteiger partial charge in [-0.2, -0.15) is 0 Å². The standard InChI is InChI=1S/C26H25NO5/c1-4-13-27-23(18-11-12-20(31-2)21(15-18)32-3)22(25(29)26(27)30)24(28)19-10-9-16-7-5-6-8-17(16)14-19/h5-12,14-15,23,28H,4,13H2,1-3H3/b24-22+. The van der Waals surface area contributed by atoms with Gasteiger partial charge in [-0.1, -0.05) is 49.4 Å². The van der Waals surface area contributed by atoms with Gasteiger partial charge in [-0.05, 0) is 41.0 Å². The molecule has 0 bridgehead atoms. The van der Waals surface area contributed by atoms with Gasteiger partial charge in [0.05, 0.1) is 25.8 Å². The van der Waals surface area contributed by atoms with Gasteiger partial charge in [0.1, 0.15) is 5.76 Å². The highest BCUT2D eigenvalue weighted by Gasteiger charge is 2.45. The van der Waals surface area contributed by atoms with E-state index in [1.165, 1.54) is 12.0 Å². The lowest BCUT2D eigenvalue weighted by Gasteiger charge is -2.25. The van der Waals surface area contributed by atoms with Gasteiger partial charge in [0.15, 0.2) is 11.5 Å². The predicted molar refractivity (Wildman–Crippen MR) is 123 cm³/mol. The maximum atomic E-state index is 13.1. The molecule has 0 spiro atoms. The van der Waals surface area contributed by atoms with E-state index >= 15 is 0 Å². The van der Waals surface area contributed by atoms with E-state index in [2.05, 4.69) is 0 Å². The average Bonchev–Trinajstić information content (AvgIpc) is 3.08. The molecular formula is C26H25NO5. The van der Waals surface area contributed by atoms with Gasteiger partial charge in [0.2, 0.25) is 0 Å². The second kappa shape index (κ2) is 8.75. The number of ketones is 1. The fourth-order valence-corrected chi connectivity index (χ4v) is 4.21. The molecule has 32 heavy (non-hydrogen) atoms. The number of amides is 1. The van der Waals surface area contributed by atoms with Crippen LogP contribution in [0.15, 0.2) is 66.2 Å². The summed E-state index contributed by atoms with van der Waals surface area (Å²) in [6.45, 7) is 2.33. The molecule has 1 heterocycles. The smallest absolute Gasteiger partial charge is 0.295 e. The molecule has 0 aromatic heterocycles. The number of likely N-dealkylation sites (tertiary alicyclic amines) is 1. The summed E-state index contributed by atoms with van der Waals surface area (Å²) in [4.78, 5) is 27.5. The first-order valence-corrected chi connectivity index (χ1v) is 10.5. The summed E-state index contributed by atoms with van der Waals surface area (Å²) in [5.41, 5.74) is 1.23. The lowest BCUT2D eigenvalue weighted by molar-refractivity contribution is -0.139. The molecule has 3 aromatic rings. The first-order valence-electron chi connectivity index (χ1n) is 10.5. The van der Waals surface area contributed by atoms with Gasteiger partial charge in [-0.3, -0.25) is 9.59 Å². The van der Waals surface area contributed by atoms with Crippen LogP contribution in [0.3, 0.4) is 0 Å². The number of ether oxygens (including phenoxy) is 2. The third-order valence-electron chi connectivity index (χ3n) is 5.75. The Morgan fingerprint density at radius 3 is 2.34 bits per heavy atom. The maximum absolute atomic E-state index is 13.1. The van der Waals surface area contributed by atoms with Crippen LogP contribution in [0.5, 0.6) is 11.5 Å². The molecule has 1 aliphatic heterocycles. The van der Waals surface area contributed by atoms with Crippen molar-refractivity contribution in [2.45, 2.75) is 19.4 Å². The van der Waals surface area contributed by atoms with E-state index in [0.29, 0.717) is 35.6 Å². The van der Waals surface area contributed by atoms with Crippen molar-refractivity contribution in [3.8, 4) is 11.5 Å². The largest absolute Gasteiger partial charge is 0.507 e. The fraction of sp³-hybridized carbons (Fsp3) is 0.231. The van der Waals surface area contributed by atoms with Crippen molar-refractivity contribution in [3.05, 3.63) is 77.4 Å². The molecule has 6 nitrogen and oxygen atoms in total. The monoisotopic (exact) mass is 431 g/mol. The Morgan fingerprint density at radius 2 is 1.66 bits per heavy atom. The zero-order valence-electron chi connectivity index (χ0n) is 18.3. The van der Waals surface area contributed by atoms with Gasteiger partial charge >= 0.3 is 0 Å². The molecule has 1 amide bonds. The summed E-state index contributed by atoms with van der Waals surface area (Å²) in [6, 6.07) is 17.8. The quantitative estimate of drug-likeness (QED) is 0.348. The Balaban J connectivity index is 1.90. The minimum atomic E-state index is -0.721. The van der Waals surface area contributed by atoms with Crippen LogP contribution in [0.4, 0.5) is 0 Å². The maximum Gasteiger partial charge on any atom is 0.295 e. The van der Waals surface area contributed by atoms with Crippen LogP contribution in [0.1, 0.15) is 30.5 Å². The summed E-state index contributed by atoms with van der Waals surface area (Å²) < 4.78 is 10.7. The van der Waals surface area contributed by atoms with Crippen LogP contribution in [0.2, 0.25) is 0 Å². The molecule has 6 heteroatoms. The highest BCUT2D eigenvalue weighted by Crippen LogP contribution is 2.42. The molecule has 1 saturated heterocycles. The lowest BCUT2D eigenvalue weighted by atomic mass is 9.94. The number of hydrogen-bond acceptors (Lipinski definition) is 5. The number of hydrogen-bond donors (Lipinski definition) is 1. The van der Waals surface area contributed by atoms with Crippen LogP contribution in [0.25, 0.3) is 16.5 Å². The molecule has 1 unspecified atom stereocenters. The molecule has 1 atom stereocenters. The average molecular weight is 431 g/mol. The zero-order chi connectivity index (χ0) is 22.8. The van der Waals surface area contributed by atoms with Crippen LogP contribution in [-0.4, -0.2) is 42.5 Å². The Bertz CT molecular complexity index is 1230. The third kappa shape index (κ3) is 3.58. The fourth-order valence-electron chi connectivity index (χ4n) is 4.21.